The molecular weight excluding hydrogens is 412 g/mol. The van der Waals surface area contributed by atoms with Crippen LogP contribution in [-0.4, -0.2) is 17.5 Å². The first kappa shape index (κ1) is 19.2. The summed E-state index contributed by atoms with van der Waals surface area (Å²) < 4.78 is 11.5. The Morgan fingerprint density at radius 1 is 0.968 bits per heavy atom. The van der Waals surface area contributed by atoms with Crippen LogP contribution < -0.4 is 10.1 Å². The third-order valence-electron chi connectivity index (χ3n) is 4.87. The quantitative estimate of drug-likeness (QED) is 0.356. The van der Waals surface area contributed by atoms with E-state index in [4.69, 9.17) is 25.7 Å². The summed E-state index contributed by atoms with van der Waals surface area (Å²) in [6, 6.07) is 26.4. The standard InChI is InChI=1S/C25H17ClN2O3/c26-20-10-3-4-11-21(20)30-15-23(29)27-18-8-5-7-17(14-18)25-28-24-19-9-2-1-6-16(19)12-13-22(24)31-25/h1-14H,15H2,(H,27,29). The number of hydrogen-bond donors (Lipinski definition) is 1. The summed E-state index contributed by atoms with van der Waals surface area (Å²) >= 11 is 6.05. The van der Waals surface area contributed by atoms with Crippen molar-refractivity contribution in [1.29, 1.82) is 0 Å². The van der Waals surface area contributed by atoms with Gasteiger partial charge in [0.05, 0.1) is 5.02 Å². The molecule has 1 N–H and O–H groups in total. The second-order valence-corrected chi connectivity index (χ2v) is 7.41. The topological polar surface area (TPSA) is 64.4 Å². The SMILES string of the molecule is O=C(COc1ccccc1Cl)Nc1cccc(-c2nc3c(ccc4ccccc43)o2)c1. The molecule has 0 unspecified atom stereocenters. The molecular formula is C25H17ClN2O3. The molecule has 4 aromatic carbocycles. The van der Waals surface area contributed by atoms with Gasteiger partial charge in [-0.3, -0.25) is 4.79 Å². The van der Waals surface area contributed by atoms with Gasteiger partial charge in [0.25, 0.3) is 5.91 Å². The van der Waals surface area contributed by atoms with Crippen LogP contribution in [0.15, 0.2) is 89.3 Å². The predicted molar refractivity (Wildman–Crippen MR) is 123 cm³/mol. The lowest BCUT2D eigenvalue weighted by Crippen LogP contribution is -2.20. The Bertz CT molecular complexity index is 1410. The van der Waals surface area contributed by atoms with E-state index in [1.807, 2.05) is 54.6 Å². The Labute approximate surface area is 183 Å². The number of aromatic nitrogens is 1. The van der Waals surface area contributed by atoms with Crippen molar-refractivity contribution in [3.63, 3.8) is 0 Å². The summed E-state index contributed by atoms with van der Waals surface area (Å²) in [4.78, 5) is 17.0. The number of benzene rings is 4. The number of nitrogens with zero attached hydrogens (tertiary/aromatic N) is 1. The number of hydrogen-bond acceptors (Lipinski definition) is 4. The van der Waals surface area contributed by atoms with Gasteiger partial charge in [-0.05, 0) is 41.8 Å². The van der Waals surface area contributed by atoms with E-state index in [1.165, 1.54) is 0 Å². The number of carbonyl (C=O) groups is 1. The third-order valence-corrected chi connectivity index (χ3v) is 5.18. The van der Waals surface area contributed by atoms with Crippen LogP contribution in [0.25, 0.3) is 33.3 Å². The molecule has 0 saturated carbocycles. The smallest absolute Gasteiger partial charge is 0.262 e. The van der Waals surface area contributed by atoms with Crippen molar-refractivity contribution in [1.82, 2.24) is 4.98 Å². The van der Waals surface area contributed by atoms with E-state index in [0.29, 0.717) is 22.4 Å². The molecule has 0 spiro atoms. The van der Waals surface area contributed by atoms with Crippen LogP contribution in [-0.2, 0) is 4.79 Å². The molecule has 0 radical (unpaired) electrons. The highest BCUT2D eigenvalue weighted by atomic mass is 35.5. The van der Waals surface area contributed by atoms with Gasteiger partial charge in [-0.25, -0.2) is 4.98 Å². The minimum Gasteiger partial charge on any atom is -0.482 e. The molecule has 0 aliphatic carbocycles. The molecule has 0 saturated heterocycles. The second-order valence-electron chi connectivity index (χ2n) is 7.00. The molecule has 0 atom stereocenters. The number of anilines is 1. The van der Waals surface area contributed by atoms with E-state index in [-0.39, 0.29) is 12.5 Å². The summed E-state index contributed by atoms with van der Waals surface area (Å²) in [5.41, 5.74) is 2.93. The van der Waals surface area contributed by atoms with Gasteiger partial charge >= 0.3 is 0 Å². The number of para-hydroxylation sites is 1. The highest BCUT2D eigenvalue weighted by molar-refractivity contribution is 6.32. The van der Waals surface area contributed by atoms with Gasteiger partial charge in [-0.1, -0.05) is 60.1 Å². The number of carbonyl (C=O) groups excluding carboxylic acids is 1. The number of rotatable bonds is 5. The van der Waals surface area contributed by atoms with E-state index < -0.39 is 0 Å². The Hall–Kier alpha value is -3.83. The van der Waals surface area contributed by atoms with E-state index in [2.05, 4.69) is 5.32 Å². The largest absolute Gasteiger partial charge is 0.482 e. The molecule has 5 aromatic rings. The summed E-state index contributed by atoms with van der Waals surface area (Å²) in [6.45, 7) is -0.150. The molecule has 5 nitrogen and oxygen atoms in total. The molecule has 0 bridgehead atoms. The Morgan fingerprint density at radius 3 is 2.71 bits per heavy atom. The van der Waals surface area contributed by atoms with Crippen molar-refractivity contribution in [2.75, 3.05) is 11.9 Å². The number of ether oxygens (including phenoxy) is 1. The first-order chi connectivity index (χ1) is 15.2. The highest BCUT2D eigenvalue weighted by Gasteiger charge is 2.12. The van der Waals surface area contributed by atoms with Crippen LogP contribution in [0.1, 0.15) is 0 Å². The molecule has 0 aliphatic rings. The molecule has 152 valence electrons. The Kier molecular flexibility index (Phi) is 5.02. The van der Waals surface area contributed by atoms with Gasteiger partial charge in [0.1, 0.15) is 11.3 Å². The zero-order valence-corrected chi connectivity index (χ0v) is 17.1. The van der Waals surface area contributed by atoms with Crippen LogP contribution in [0.5, 0.6) is 5.75 Å². The van der Waals surface area contributed by atoms with Crippen molar-refractivity contribution in [2.24, 2.45) is 0 Å². The molecule has 31 heavy (non-hydrogen) atoms. The lowest BCUT2D eigenvalue weighted by molar-refractivity contribution is -0.118. The fourth-order valence-electron chi connectivity index (χ4n) is 3.42. The molecule has 1 heterocycles. The minimum absolute atomic E-state index is 0.150. The number of halogens is 1. The molecule has 5 rings (SSSR count). The van der Waals surface area contributed by atoms with Crippen LogP contribution in [0.2, 0.25) is 5.02 Å². The van der Waals surface area contributed by atoms with Gasteiger partial charge in [-0.15, -0.1) is 0 Å². The molecule has 0 aliphatic heterocycles. The first-order valence-electron chi connectivity index (χ1n) is 9.73. The van der Waals surface area contributed by atoms with Gasteiger partial charge in [0.15, 0.2) is 12.2 Å². The fraction of sp³-hybridized carbons (Fsp3) is 0.0400. The van der Waals surface area contributed by atoms with E-state index >= 15 is 0 Å². The minimum atomic E-state index is -0.291. The molecule has 1 aromatic heterocycles. The second kappa shape index (κ2) is 8.13. The van der Waals surface area contributed by atoms with Crippen LogP contribution in [0.4, 0.5) is 5.69 Å². The predicted octanol–water partition coefficient (Wildman–Crippen LogP) is 6.32. The number of nitrogens with one attached hydrogen (secondary N) is 1. The van der Waals surface area contributed by atoms with Crippen LogP contribution in [0.3, 0.4) is 0 Å². The number of amides is 1. The normalized spacial score (nSPS) is 11.0. The zero-order valence-electron chi connectivity index (χ0n) is 16.3. The first-order valence-corrected chi connectivity index (χ1v) is 10.1. The monoisotopic (exact) mass is 428 g/mol. The summed E-state index contributed by atoms with van der Waals surface area (Å²) in [5, 5.41) is 5.43. The molecule has 6 heteroatoms. The van der Waals surface area contributed by atoms with Gasteiger partial charge in [0, 0.05) is 16.6 Å². The lowest BCUT2D eigenvalue weighted by atomic mass is 10.1. The van der Waals surface area contributed by atoms with E-state index in [9.17, 15) is 4.79 Å². The van der Waals surface area contributed by atoms with Gasteiger partial charge in [0.2, 0.25) is 5.89 Å². The molecule has 0 fully saturated rings. The maximum absolute atomic E-state index is 12.3. The number of fused-ring (bicyclic) bond motifs is 3. The van der Waals surface area contributed by atoms with Gasteiger partial charge < -0.3 is 14.5 Å². The van der Waals surface area contributed by atoms with Crippen molar-refractivity contribution in [3.05, 3.63) is 90.0 Å². The number of oxazole rings is 1. The Morgan fingerprint density at radius 2 is 1.81 bits per heavy atom. The summed E-state index contributed by atoms with van der Waals surface area (Å²) in [6.07, 6.45) is 0. The fourth-order valence-corrected chi connectivity index (χ4v) is 3.61. The molecule has 1 amide bonds. The average molecular weight is 429 g/mol. The van der Waals surface area contributed by atoms with Crippen molar-refractivity contribution >= 4 is 45.1 Å². The maximum Gasteiger partial charge on any atom is 0.262 e. The highest BCUT2D eigenvalue weighted by Crippen LogP contribution is 2.30. The van der Waals surface area contributed by atoms with Crippen molar-refractivity contribution in [3.8, 4) is 17.2 Å². The Balaban J connectivity index is 1.36. The third kappa shape index (κ3) is 3.96. The average Bonchev–Trinajstić information content (AvgIpc) is 3.24. The van der Waals surface area contributed by atoms with E-state index in [1.54, 1.807) is 30.3 Å². The maximum atomic E-state index is 12.3. The lowest BCUT2D eigenvalue weighted by Gasteiger charge is -2.09. The zero-order chi connectivity index (χ0) is 21.2. The van der Waals surface area contributed by atoms with Crippen molar-refractivity contribution < 1.29 is 13.9 Å². The van der Waals surface area contributed by atoms with Crippen LogP contribution in [0, 0.1) is 0 Å². The summed E-state index contributed by atoms with van der Waals surface area (Å²) in [5.74, 6) is 0.669. The van der Waals surface area contributed by atoms with Crippen molar-refractivity contribution in [2.45, 2.75) is 0 Å². The summed E-state index contributed by atoms with van der Waals surface area (Å²) in [7, 11) is 0. The van der Waals surface area contributed by atoms with Crippen LogP contribution >= 0.6 is 11.6 Å². The van der Waals surface area contributed by atoms with E-state index in [0.717, 1.165) is 27.4 Å². The van der Waals surface area contributed by atoms with Gasteiger partial charge in [-0.2, -0.15) is 0 Å².